The fraction of sp³-hybridized carbons (Fsp3) is 0.238. The highest BCUT2D eigenvalue weighted by Crippen LogP contribution is 2.30. The lowest BCUT2D eigenvalue weighted by molar-refractivity contribution is -0.119. The Labute approximate surface area is 163 Å². The normalized spacial score (nSPS) is 12.0. The minimum Gasteiger partial charge on any atom is -0.354 e. The van der Waals surface area contributed by atoms with Crippen LogP contribution < -0.4 is 5.32 Å². The molecule has 0 spiro atoms. The van der Waals surface area contributed by atoms with Crippen LogP contribution in [-0.2, 0) is 11.2 Å². The zero-order valence-corrected chi connectivity index (χ0v) is 16.4. The van der Waals surface area contributed by atoms with E-state index in [-0.39, 0.29) is 11.9 Å². The summed E-state index contributed by atoms with van der Waals surface area (Å²) < 4.78 is 0. The lowest BCUT2D eigenvalue weighted by Gasteiger charge is -2.12. The van der Waals surface area contributed by atoms with Gasteiger partial charge in [0.25, 0.3) is 0 Å². The van der Waals surface area contributed by atoms with Crippen molar-refractivity contribution in [1.29, 1.82) is 0 Å². The maximum Gasteiger partial charge on any atom is 0.217 e. The van der Waals surface area contributed by atoms with Crippen molar-refractivity contribution in [2.45, 2.75) is 32.7 Å². The van der Waals surface area contributed by atoms with Crippen LogP contribution in [0.3, 0.4) is 0 Å². The fourth-order valence-electron chi connectivity index (χ4n) is 2.80. The van der Waals surface area contributed by atoms with Crippen LogP contribution in [0.1, 0.15) is 25.8 Å². The molecule has 1 amide bonds. The highest BCUT2D eigenvalue weighted by Gasteiger charge is 2.08. The molecular weight excluding hydrogens is 364 g/mol. The zero-order chi connectivity index (χ0) is 18.5. The van der Waals surface area contributed by atoms with Gasteiger partial charge in [-0.2, -0.15) is 0 Å². The van der Waals surface area contributed by atoms with Crippen molar-refractivity contribution in [3.05, 3.63) is 64.5 Å². The highest BCUT2D eigenvalue weighted by atomic mass is 35.5. The number of aryl methyl sites for hydroxylation is 1. The summed E-state index contributed by atoms with van der Waals surface area (Å²) in [6, 6.07) is 16.4. The van der Waals surface area contributed by atoms with Gasteiger partial charge in [-0.3, -0.25) is 4.79 Å². The van der Waals surface area contributed by atoms with Crippen LogP contribution >= 0.6 is 22.9 Å². The van der Waals surface area contributed by atoms with Crippen molar-refractivity contribution in [2.24, 2.45) is 0 Å². The zero-order valence-electron chi connectivity index (χ0n) is 14.8. The van der Waals surface area contributed by atoms with Gasteiger partial charge in [0.1, 0.15) is 5.01 Å². The van der Waals surface area contributed by atoms with Crippen molar-refractivity contribution in [2.75, 3.05) is 0 Å². The number of carbonyl (C=O) groups is 1. The minimum absolute atomic E-state index is 0.0203. The molecule has 0 saturated carbocycles. The average Bonchev–Trinajstić information content (AvgIpc) is 3.10. The molecule has 1 heterocycles. The van der Waals surface area contributed by atoms with Crippen LogP contribution in [0.25, 0.3) is 21.8 Å². The Kier molecular flexibility index (Phi) is 6.07. The maximum absolute atomic E-state index is 11.1. The van der Waals surface area contributed by atoms with Crippen LogP contribution in [0.4, 0.5) is 0 Å². The molecule has 0 aliphatic carbocycles. The first kappa shape index (κ1) is 18.6. The summed E-state index contributed by atoms with van der Waals surface area (Å²) in [5.41, 5.74) is 4.38. The Bertz CT molecular complexity index is 889. The molecule has 134 valence electrons. The summed E-state index contributed by atoms with van der Waals surface area (Å²) in [6.07, 6.45) is 1.86. The second-order valence-electron chi connectivity index (χ2n) is 6.39. The third-order valence-electron chi connectivity index (χ3n) is 4.14. The van der Waals surface area contributed by atoms with E-state index in [2.05, 4.69) is 35.0 Å². The number of hydrogen-bond acceptors (Lipinski definition) is 3. The molecule has 0 fully saturated rings. The van der Waals surface area contributed by atoms with Crippen LogP contribution in [0, 0.1) is 0 Å². The number of thiazole rings is 1. The second-order valence-corrected chi connectivity index (χ2v) is 7.68. The van der Waals surface area contributed by atoms with Gasteiger partial charge in [-0.25, -0.2) is 4.98 Å². The number of halogens is 1. The van der Waals surface area contributed by atoms with Gasteiger partial charge in [0, 0.05) is 34.5 Å². The van der Waals surface area contributed by atoms with Gasteiger partial charge < -0.3 is 5.32 Å². The minimum atomic E-state index is 0.0203. The van der Waals surface area contributed by atoms with Gasteiger partial charge in [0.05, 0.1) is 5.69 Å². The summed E-state index contributed by atoms with van der Waals surface area (Å²) in [5.74, 6) is 0.0203. The number of aromatic nitrogens is 1. The molecule has 0 bridgehead atoms. The van der Waals surface area contributed by atoms with Crippen molar-refractivity contribution in [3.63, 3.8) is 0 Å². The number of nitrogens with zero attached hydrogens (tertiary/aromatic N) is 1. The van der Waals surface area contributed by atoms with Gasteiger partial charge in [0.2, 0.25) is 5.91 Å². The third-order valence-corrected chi connectivity index (χ3v) is 5.27. The van der Waals surface area contributed by atoms with E-state index in [4.69, 9.17) is 16.6 Å². The molecule has 2 aromatic carbocycles. The summed E-state index contributed by atoms with van der Waals surface area (Å²) >= 11 is 7.69. The first-order valence-electron chi connectivity index (χ1n) is 8.59. The third kappa shape index (κ3) is 4.93. The molecule has 0 aliphatic rings. The van der Waals surface area contributed by atoms with E-state index < -0.39 is 0 Å². The molecule has 1 unspecified atom stereocenters. The lowest BCUT2D eigenvalue weighted by Crippen LogP contribution is -2.30. The second kappa shape index (κ2) is 8.47. The standard InChI is InChI=1S/C21H21ClN2OS/c1-14(23-15(2)25)6-7-16-8-10-17(11-9-16)20-13-26-21(24-20)18-4-3-5-19(22)12-18/h3-5,8-14H,6-7H2,1-2H3,(H,23,25). The summed E-state index contributed by atoms with van der Waals surface area (Å²) in [4.78, 5) is 15.8. The summed E-state index contributed by atoms with van der Waals surface area (Å²) in [6.45, 7) is 3.58. The molecule has 3 rings (SSSR count). The number of hydrogen-bond donors (Lipinski definition) is 1. The van der Waals surface area contributed by atoms with E-state index in [1.165, 1.54) is 5.56 Å². The molecule has 26 heavy (non-hydrogen) atoms. The monoisotopic (exact) mass is 384 g/mol. The Morgan fingerprint density at radius 2 is 1.96 bits per heavy atom. The van der Waals surface area contributed by atoms with Gasteiger partial charge in [0.15, 0.2) is 0 Å². The molecule has 1 aromatic heterocycles. The van der Waals surface area contributed by atoms with Gasteiger partial charge in [-0.15, -0.1) is 11.3 Å². The predicted octanol–water partition coefficient (Wildman–Crippen LogP) is 5.59. The SMILES string of the molecule is CC(=O)NC(C)CCc1ccc(-c2csc(-c3cccc(Cl)c3)n2)cc1. The van der Waals surface area contributed by atoms with Crippen molar-refractivity contribution in [1.82, 2.24) is 10.3 Å². The van der Waals surface area contributed by atoms with Crippen LogP contribution in [-0.4, -0.2) is 16.9 Å². The topological polar surface area (TPSA) is 42.0 Å². The van der Waals surface area contributed by atoms with E-state index in [1.807, 2.05) is 31.2 Å². The summed E-state index contributed by atoms with van der Waals surface area (Å²) in [5, 5.41) is 6.68. The molecule has 1 N–H and O–H groups in total. The van der Waals surface area contributed by atoms with E-state index in [0.29, 0.717) is 0 Å². The Morgan fingerprint density at radius 3 is 2.65 bits per heavy atom. The summed E-state index contributed by atoms with van der Waals surface area (Å²) in [7, 11) is 0. The van der Waals surface area contributed by atoms with Crippen molar-refractivity contribution in [3.8, 4) is 21.8 Å². The van der Waals surface area contributed by atoms with E-state index in [9.17, 15) is 4.79 Å². The van der Waals surface area contributed by atoms with Crippen LogP contribution in [0.15, 0.2) is 53.9 Å². The molecule has 0 aliphatic heterocycles. The van der Waals surface area contributed by atoms with Gasteiger partial charge in [-0.05, 0) is 37.5 Å². The number of rotatable bonds is 6. The molecule has 5 heteroatoms. The van der Waals surface area contributed by atoms with E-state index in [0.717, 1.165) is 39.7 Å². The number of amides is 1. The molecule has 3 nitrogen and oxygen atoms in total. The highest BCUT2D eigenvalue weighted by molar-refractivity contribution is 7.13. The van der Waals surface area contributed by atoms with Gasteiger partial charge >= 0.3 is 0 Å². The van der Waals surface area contributed by atoms with Gasteiger partial charge in [-0.1, -0.05) is 48.0 Å². The fourth-order valence-corrected chi connectivity index (χ4v) is 3.82. The largest absolute Gasteiger partial charge is 0.354 e. The molecule has 3 aromatic rings. The lowest BCUT2D eigenvalue weighted by atomic mass is 10.0. The molecular formula is C21H21ClN2OS. The molecule has 0 radical (unpaired) electrons. The van der Waals surface area contributed by atoms with Crippen LogP contribution in [0.5, 0.6) is 0 Å². The Hall–Kier alpha value is -2.17. The quantitative estimate of drug-likeness (QED) is 0.602. The van der Waals surface area contributed by atoms with Crippen molar-refractivity contribution < 1.29 is 4.79 Å². The Morgan fingerprint density at radius 1 is 1.19 bits per heavy atom. The van der Waals surface area contributed by atoms with E-state index >= 15 is 0 Å². The average molecular weight is 385 g/mol. The number of carbonyl (C=O) groups excluding carboxylic acids is 1. The number of nitrogens with one attached hydrogen (secondary N) is 1. The first-order valence-corrected chi connectivity index (χ1v) is 9.85. The van der Waals surface area contributed by atoms with E-state index in [1.54, 1.807) is 18.3 Å². The first-order chi connectivity index (χ1) is 12.5. The Balaban J connectivity index is 1.66. The predicted molar refractivity (Wildman–Crippen MR) is 110 cm³/mol. The molecule has 0 saturated heterocycles. The maximum atomic E-state index is 11.1. The van der Waals surface area contributed by atoms with Crippen LogP contribution in [0.2, 0.25) is 5.02 Å². The van der Waals surface area contributed by atoms with Crippen molar-refractivity contribution >= 4 is 28.8 Å². The smallest absolute Gasteiger partial charge is 0.217 e. The number of benzene rings is 2. The molecule has 1 atom stereocenters.